The highest BCUT2D eigenvalue weighted by atomic mass is 16.6. The number of carbonyl (C=O) groups is 2. The molecular weight excluding hydrogens is 260 g/mol. The van der Waals surface area contributed by atoms with Gasteiger partial charge in [-0.3, -0.25) is 9.59 Å². The van der Waals surface area contributed by atoms with E-state index in [2.05, 4.69) is 13.8 Å². The van der Waals surface area contributed by atoms with E-state index in [0.717, 1.165) is 0 Å². The van der Waals surface area contributed by atoms with Crippen LogP contribution >= 0.6 is 0 Å². The molecule has 6 atom stereocenters. The minimum Gasteiger partial charge on any atom is -0.465 e. The molecule has 3 heterocycles. The molecular formula is C15H22O5. The Labute approximate surface area is 118 Å². The van der Waals surface area contributed by atoms with Gasteiger partial charge in [-0.25, -0.2) is 0 Å². The zero-order chi connectivity index (χ0) is 14.6. The number of rotatable bonds is 4. The van der Waals surface area contributed by atoms with Gasteiger partial charge in [-0.2, -0.15) is 0 Å². The third-order valence-electron chi connectivity index (χ3n) is 4.62. The first kappa shape index (κ1) is 13.9. The highest BCUT2D eigenvalue weighted by Gasteiger charge is 2.70. The van der Waals surface area contributed by atoms with E-state index in [4.69, 9.17) is 14.2 Å². The van der Waals surface area contributed by atoms with Gasteiger partial charge in [-0.1, -0.05) is 27.7 Å². The Hall–Kier alpha value is -1.10. The Morgan fingerprint density at radius 2 is 1.90 bits per heavy atom. The van der Waals surface area contributed by atoms with Gasteiger partial charge in [-0.15, -0.1) is 0 Å². The first-order chi connectivity index (χ1) is 9.41. The first-order valence-corrected chi connectivity index (χ1v) is 7.44. The number of esters is 2. The molecule has 3 aliphatic heterocycles. The second-order valence-electron chi connectivity index (χ2n) is 6.86. The summed E-state index contributed by atoms with van der Waals surface area (Å²) in [6.45, 7) is 8.50. The fourth-order valence-corrected chi connectivity index (χ4v) is 3.83. The molecule has 0 aromatic heterocycles. The van der Waals surface area contributed by atoms with Crippen molar-refractivity contribution in [3.63, 3.8) is 0 Å². The molecule has 20 heavy (non-hydrogen) atoms. The van der Waals surface area contributed by atoms with Crippen molar-refractivity contribution in [2.75, 3.05) is 6.61 Å². The highest BCUT2D eigenvalue weighted by molar-refractivity contribution is 5.82. The van der Waals surface area contributed by atoms with Crippen LogP contribution in [0.25, 0.3) is 0 Å². The molecule has 2 bridgehead atoms. The summed E-state index contributed by atoms with van der Waals surface area (Å²) in [4.78, 5) is 24.3. The molecule has 3 saturated heterocycles. The van der Waals surface area contributed by atoms with Gasteiger partial charge in [0.1, 0.15) is 18.1 Å². The molecule has 3 rings (SSSR count). The minimum atomic E-state index is -0.450. The molecule has 3 aliphatic rings. The predicted octanol–water partition coefficient (Wildman–Crippen LogP) is 1.40. The van der Waals surface area contributed by atoms with Gasteiger partial charge in [-0.05, 0) is 11.8 Å². The first-order valence-electron chi connectivity index (χ1n) is 7.44. The molecule has 3 fully saturated rings. The minimum absolute atomic E-state index is 0.0582. The van der Waals surface area contributed by atoms with E-state index < -0.39 is 12.0 Å². The van der Waals surface area contributed by atoms with Crippen LogP contribution in [0.15, 0.2) is 0 Å². The Morgan fingerprint density at radius 1 is 1.20 bits per heavy atom. The summed E-state index contributed by atoms with van der Waals surface area (Å²) in [7, 11) is 0. The number of fused-ring (bicyclic) bond motifs is 1. The Kier molecular flexibility index (Phi) is 3.27. The van der Waals surface area contributed by atoms with Gasteiger partial charge < -0.3 is 14.2 Å². The summed E-state index contributed by atoms with van der Waals surface area (Å²) in [5.74, 6) is -0.508. The quantitative estimate of drug-likeness (QED) is 0.729. The maximum atomic E-state index is 12.3. The molecule has 0 spiro atoms. The average molecular weight is 282 g/mol. The summed E-state index contributed by atoms with van der Waals surface area (Å²) < 4.78 is 16.6. The normalized spacial score (nSPS) is 41.6. The zero-order valence-corrected chi connectivity index (χ0v) is 12.4. The average Bonchev–Trinajstić information content (AvgIpc) is 2.95. The van der Waals surface area contributed by atoms with Gasteiger partial charge in [0.05, 0.1) is 18.6 Å². The molecule has 0 N–H and O–H groups in total. The Bertz CT molecular complexity index is 430. The molecule has 0 aromatic carbocycles. The van der Waals surface area contributed by atoms with Crippen LogP contribution in [-0.2, 0) is 23.8 Å². The second-order valence-corrected chi connectivity index (χ2v) is 6.86. The fraction of sp³-hybridized carbons (Fsp3) is 0.867. The summed E-state index contributed by atoms with van der Waals surface area (Å²) >= 11 is 0. The molecule has 112 valence electrons. The van der Waals surface area contributed by atoms with E-state index in [1.807, 2.05) is 13.8 Å². The van der Waals surface area contributed by atoms with Crippen LogP contribution in [0, 0.1) is 29.6 Å². The molecule has 0 aromatic rings. The molecule has 0 aliphatic carbocycles. The predicted molar refractivity (Wildman–Crippen MR) is 69.6 cm³/mol. The SMILES string of the molecule is CC(C)COC(=O)C1C2OC(=O)C3C2OC1C3C(C)C. The van der Waals surface area contributed by atoms with Crippen molar-refractivity contribution < 1.29 is 23.8 Å². The topological polar surface area (TPSA) is 61.8 Å². The van der Waals surface area contributed by atoms with Crippen molar-refractivity contribution in [1.29, 1.82) is 0 Å². The van der Waals surface area contributed by atoms with Crippen molar-refractivity contribution in [2.45, 2.75) is 46.0 Å². The van der Waals surface area contributed by atoms with Crippen LogP contribution < -0.4 is 0 Å². The van der Waals surface area contributed by atoms with E-state index in [9.17, 15) is 9.59 Å². The van der Waals surface area contributed by atoms with E-state index in [1.165, 1.54) is 0 Å². The van der Waals surface area contributed by atoms with E-state index in [-0.39, 0.29) is 41.9 Å². The third kappa shape index (κ3) is 1.86. The Balaban J connectivity index is 1.80. The maximum Gasteiger partial charge on any atom is 0.315 e. The van der Waals surface area contributed by atoms with Gasteiger partial charge in [0.15, 0.2) is 0 Å². The van der Waals surface area contributed by atoms with Crippen LogP contribution in [0.4, 0.5) is 0 Å². The van der Waals surface area contributed by atoms with Crippen LogP contribution in [0.1, 0.15) is 27.7 Å². The van der Waals surface area contributed by atoms with Crippen LogP contribution in [0.3, 0.4) is 0 Å². The zero-order valence-electron chi connectivity index (χ0n) is 12.4. The summed E-state index contributed by atoms with van der Waals surface area (Å²) in [6, 6.07) is 0. The van der Waals surface area contributed by atoms with E-state index in [0.29, 0.717) is 12.5 Å². The number of hydrogen-bond acceptors (Lipinski definition) is 5. The van der Waals surface area contributed by atoms with Crippen molar-refractivity contribution >= 4 is 11.9 Å². The maximum absolute atomic E-state index is 12.3. The molecule has 0 amide bonds. The van der Waals surface area contributed by atoms with E-state index >= 15 is 0 Å². The largest absolute Gasteiger partial charge is 0.465 e. The number of hydrogen-bond donors (Lipinski definition) is 0. The van der Waals surface area contributed by atoms with Gasteiger partial charge in [0.2, 0.25) is 0 Å². The van der Waals surface area contributed by atoms with Crippen molar-refractivity contribution in [3.8, 4) is 0 Å². The molecule has 0 saturated carbocycles. The van der Waals surface area contributed by atoms with Gasteiger partial charge in [0.25, 0.3) is 0 Å². The molecule has 0 radical (unpaired) electrons. The fourth-order valence-electron chi connectivity index (χ4n) is 3.83. The van der Waals surface area contributed by atoms with Crippen molar-refractivity contribution in [3.05, 3.63) is 0 Å². The standard InChI is InChI=1S/C15H22O5/c1-6(2)5-18-14(16)10-11-8(7(3)4)9-12(19-11)13(10)20-15(9)17/h6-13H,5H2,1-4H3. The molecule has 5 nitrogen and oxygen atoms in total. The lowest BCUT2D eigenvalue weighted by atomic mass is 9.70. The van der Waals surface area contributed by atoms with E-state index in [1.54, 1.807) is 0 Å². The van der Waals surface area contributed by atoms with Crippen molar-refractivity contribution in [1.82, 2.24) is 0 Å². The highest BCUT2D eigenvalue weighted by Crippen LogP contribution is 2.55. The number of ether oxygens (including phenoxy) is 3. The van der Waals surface area contributed by atoms with Crippen molar-refractivity contribution in [2.24, 2.45) is 29.6 Å². The van der Waals surface area contributed by atoms with Gasteiger partial charge >= 0.3 is 11.9 Å². The van der Waals surface area contributed by atoms with Crippen LogP contribution in [0.2, 0.25) is 0 Å². The molecule has 6 unspecified atom stereocenters. The molecule has 5 heteroatoms. The lowest BCUT2D eigenvalue weighted by Gasteiger charge is -2.29. The van der Waals surface area contributed by atoms with Crippen LogP contribution in [-0.4, -0.2) is 36.9 Å². The smallest absolute Gasteiger partial charge is 0.315 e. The Morgan fingerprint density at radius 3 is 2.50 bits per heavy atom. The number of carbonyl (C=O) groups excluding carboxylic acids is 2. The second kappa shape index (κ2) is 4.72. The summed E-state index contributed by atoms with van der Waals surface area (Å²) in [6.07, 6.45) is -0.926. The third-order valence-corrected chi connectivity index (χ3v) is 4.62. The lowest BCUT2D eigenvalue weighted by molar-refractivity contribution is -0.156. The summed E-state index contributed by atoms with van der Waals surface area (Å²) in [5, 5.41) is 0. The van der Waals surface area contributed by atoms with Gasteiger partial charge in [0, 0.05) is 5.92 Å². The lowest BCUT2D eigenvalue weighted by Crippen LogP contribution is -2.45. The monoisotopic (exact) mass is 282 g/mol. The summed E-state index contributed by atoms with van der Waals surface area (Å²) in [5.41, 5.74) is 0. The van der Waals surface area contributed by atoms with Crippen LogP contribution in [0.5, 0.6) is 0 Å².